The van der Waals surface area contributed by atoms with Crippen molar-refractivity contribution in [2.45, 2.75) is 19.5 Å². The molecule has 25 heavy (non-hydrogen) atoms. The van der Waals surface area contributed by atoms with Crippen LogP contribution >= 0.6 is 0 Å². The summed E-state index contributed by atoms with van der Waals surface area (Å²) in [5.74, 6) is 1.71. The highest BCUT2D eigenvalue weighted by Crippen LogP contribution is 2.26. The zero-order valence-corrected chi connectivity index (χ0v) is 14.4. The van der Waals surface area contributed by atoms with Gasteiger partial charge in [-0.1, -0.05) is 36.4 Å². The maximum absolute atomic E-state index is 6.18. The number of methoxy groups -OCH3 is 1. The molecule has 0 fully saturated rings. The number of imidazole rings is 1. The Morgan fingerprint density at radius 2 is 1.84 bits per heavy atom. The fraction of sp³-hybridized carbons (Fsp3) is 0.190. The van der Waals surface area contributed by atoms with E-state index in [1.165, 1.54) is 16.3 Å². The molecule has 1 atom stereocenters. The number of rotatable bonds is 4. The highest BCUT2D eigenvalue weighted by atomic mass is 16.5. The lowest BCUT2D eigenvalue weighted by Crippen LogP contribution is -2.14. The van der Waals surface area contributed by atoms with Crippen LogP contribution in [-0.4, -0.2) is 16.7 Å². The average Bonchev–Trinajstić information content (AvgIpc) is 2.99. The Morgan fingerprint density at radius 1 is 1.04 bits per heavy atom. The number of benzene rings is 3. The van der Waals surface area contributed by atoms with E-state index < -0.39 is 0 Å². The largest absolute Gasteiger partial charge is 0.497 e. The van der Waals surface area contributed by atoms with Gasteiger partial charge in [-0.05, 0) is 41.5 Å². The molecule has 4 rings (SSSR count). The van der Waals surface area contributed by atoms with Gasteiger partial charge in [-0.25, -0.2) is 4.98 Å². The third-order valence-corrected chi connectivity index (χ3v) is 4.55. The van der Waals surface area contributed by atoms with Crippen LogP contribution in [0.4, 0.5) is 0 Å². The van der Waals surface area contributed by atoms with Crippen molar-refractivity contribution in [1.29, 1.82) is 0 Å². The number of ether oxygens (including phenoxy) is 1. The van der Waals surface area contributed by atoms with Gasteiger partial charge in [0, 0.05) is 12.6 Å². The van der Waals surface area contributed by atoms with Gasteiger partial charge in [0.2, 0.25) is 0 Å². The van der Waals surface area contributed by atoms with E-state index in [2.05, 4.69) is 47.0 Å². The lowest BCUT2D eigenvalue weighted by Gasteiger charge is -2.12. The summed E-state index contributed by atoms with van der Waals surface area (Å²) in [6.45, 7) is 2.70. The van der Waals surface area contributed by atoms with Gasteiger partial charge in [-0.3, -0.25) is 0 Å². The first kappa shape index (κ1) is 15.7. The Hall–Kier alpha value is -2.85. The molecular formula is C21H21N3O. The molecule has 0 bridgehead atoms. The van der Waals surface area contributed by atoms with Crippen LogP contribution in [0.25, 0.3) is 21.8 Å². The van der Waals surface area contributed by atoms with Crippen molar-refractivity contribution in [3.63, 3.8) is 0 Å². The molecule has 0 amide bonds. The van der Waals surface area contributed by atoms with Crippen LogP contribution in [0.2, 0.25) is 0 Å². The Labute approximate surface area is 146 Å². The maximum Gasteiger partial charge on any atom is 0.126 e. The molecule has 0 aliphatic carbocycles. The van der Waals surface area contributed by atoms with Crippen molar-refractivity contribution < 1.29 is 4.74 Å². The summed E-state index contributed by atoms with van der Waals surface area (Å²) in [5, 5.41) is 2.49. The molecular weight excluding hydrogens is 310 g/mol. The van der Waals surface area contributed by atoms with Gasteiger partial charge < -0.3 is 15.0 Å². The lowest BCUT2D eigenvalue weighted by molar-refractivity contribution is 0.415. The standard InChI is InChI=1S/C21H21N3O/c1-14(22)21-23-19-10-9-18(25-2)12-20(19)24(21)13-15-7-8-16-5-3-4-6-17(16)11-15/h3-12,14H,13,22H2,1-2H3. The Morgan fingerprint density at radius 3 is 2.60 bits per heavy atom. The third-order valence-electron chi connectivity index (χ3n) is 4.55. The van der Waals surface area contributed by atoms with Gasteiger partial charge in [0.15, 0.2) is 0 Å². The molecule has 0 aliphatic rings. The van der Waals surface area contributed by atoms with E-state index in [0.29, 0.717) is 0 Å². The topological polar surface area (TPSA) is 53.1 Å². The predicted octanol–water partition coefficient (Wildman–Crippen LogP) is 4.27. The minimum absolute atomic E-state index is 0.140. The van der Waals surface area contributed by atoms with Crippen molar-refractivity contribution in [2.24, 2.45) is 5.73 Å². The second kappa shape index (κ2) is 6.22. The first-order valence-electron chi connectivity index (χ1n) is 8.43. The molecule has 0 aliphatic heterocycles. The molecule has 4 nitrogen and oxygen atoms in total. The number of nitrogens with two attached hydrogens (primary N) is 1. The highest BCUT2D eigenvalue weighted by Gasteiger charge is 2.15. The van der Waals surface area contributed by atoms with E-state index in [-0.39, 0.29) is 6.04 Å². The Balaban J connectivity index is 1.84. The quantitative estimate of drug-likeness (QED) is 0.608. The van der Waals surface area contributed by atoms with Crippen LogP contribution in [0.3, 0.4) is 0 Å². The van der Waals surface area contributed by atoms with Crippen LogP contribution in [0.15, 0.2) is 60.7 Å². The van der Waals surface area contributed by atoms with E-state index in [4.69, 9.17) is 15.5 Å². The fourth-order valence-electron chi connectivity index (χ4n) is 3.28. The second-order valence-corrected chi connectivity index (χ2v) is 6.38. The van der Waals surface area contributed by atoms with E-state index in [1.54, 1.807) is 7.11 Å². The van der Waals surface area contributed by atoms with Crippen LogP contribution in [0.1, 0.15) is 24.4 Å². The van der Waals surface area contributed by atoms with Gasteiger partial charge in [-0.15, -0.1) is 0 Å². The highest BCUT2D eigenvalue weighted by molar-refractivity contribution is 5.83. The van der Waals surface area contributed by atoms with Crippen LogP contribution in [0, 0.1) is 0 Å². The summed E-state index contributed by atoms with van der Waals surface area (Å²) in [6, 6.07) is 20.8. The molecule has 2 N–H and O–H groups in total. The van der Waals surface area contributed by atoms with Crippen molar-refractivity contribution in [3.8, 4) is 5.75 Å². The fourth-order valence-corrected chi connectivity index (χ4v) is 3.28. The molecule has 0 radical (unpaired) electrons. The molecule has 1 heterocycles. The summed E-state index contributed by atoms with van der Waals surface area (Å²) in [6.07, 6.45) is 0. The Bertz CT molecular complexity index is 1050. The van der Waals surface area contributed by atoms with E-state index in [1.807, 2.05) is 25.1 Å². The minimum Gasteiger partial charge on any atom is -0.497 e. The lowest BCUT2D eigenvalue weighted by atomic mass is 10.1. The molecule has 1 aromatic heterocycles. The first-order chi connectivity index (χ1) is 12.2. The number of hydrogen-bond donors (Lipinski definition) is 1. The monoisotopic (exact) mass is 331 g/mol. The summed E-state index contributed by atoms with van der Waals surface area (Å²) in [7, 11) is 1.68. The summed E-state index contributed by atoms with van der Waals surface area (Å²) in [5.41, 5.74) is 9.38. The van der Waals surface area contributed by atoms with Crippen LogP contribution < -0.4 is 10.5 Å². The van der Waals surface area contributed by atoms with Gasteiger partial charge >= 0.3 is 0 Å². The van der Waals surface area contributed by atoms with Crippen LogP contribution in [0.5, 0.6) is 5.75 Å². The van der Waals surface area contributed by atoms with E-state index in [9.17, 15) is 0 Å². The number of aromatic nitrogens is 2. The van der Waals surface area contributed by atoms with Crippen molar-refractivity contribution in [2.75, 3.05) is 7.11 Å². The van der Waals surface area contributed by atoms with Gasteiger partial charge in [0.05, 0.1) is 24.2 Å². The van der Waals surface area contributed by atoms with Crippen molar-refractivity contribution in [3.05, 3.63) is 72.1 Å². The molecule has 3 aromatic carbocycles. The van der Waals surface area contributed by atoms with Crippen molar-refractivity contribution in [1.82, 2.24) is 9.55 Å². The number of hydrogen-bond acceptors (Lipinski definition) is 3. The zero-order chi connectivity index (χ0) is 17.4. The molecule has 4 heteroatoms. The molecule has 0 saturated heterocycles. The van der Waals surface area contributed by atoms with Crippen molar-refractivity contribution >= 4 is 21.8 Å². The predicted molar refractivity (Wildman–Crippen MR) is 102 cm³/mol. The zero-order valence-electron chi connectivity index (χ0n) is 14.4. The summed E-state index contributed by atoms with van der Waals surface area (Å²) >= 11 is 0. The first-order valence-corrected chi connectivity index (χ1v) is 8.43. The van der Waals surface area contributed by atoms with Gasteiger partial charge in [0.1, 0.15) is 11.6 Å². The van der Waals surface area contributed by atoms with E-state index >= 15 is 0 Å². The van der Waals surface area contributed by atoms with Gasteiger partial charge in [-0.2, -0.15) is 0 Å². The molecule has 126 valence electrons. The SMILES string of the molecule is COc1ccc2nc(C(C)N)n(Cc3ccc4ccccc4c3)c2c1. The normalized spacial score (nSPS) is 12.6. The molecule has 0 saturated carbocycles. The second-order valence-electron chi connectivity index (χ2n) is 6.38. The average molecular weight is 331 g/mol. The number of nitrogens with zero attached hydrogens (tertiary/aromatic N) is 2. The van der Waals surface area contributed by atoms with Crippen LogP contribution in [-0.2, 0) is 6.54 Å². The third kappa shape index (κ3) is 2.85. The Kier molecular flexibility index (Phi) is 3.90. The molecule has 0 spiro atoms. The number of fused-ring (bicyclic) bond motifs is 2. The van der Waals surface area contributed by atoms with E-state index in [0.717, 1.165) is 29.2 Å². The smallest absolute Gasteiger partial charge is 0.126 e. The maximum atomic E-state index is 6.18. The summed E-state index contributed by atoms with van der Waals surface area (Å²) in [4.78, 5) is 4.73. The molecule has 1 unspecified atom stereocenters. The van der Waals surface area contributed by atoms with Gasteiger partial charge in [0.25, 0.3) is 0 Å². The summed E-state index contributed by atoms with van der Waals surface area (Å²) < 4.78 is 7.57. The minimum atomic E-state index is -0.140. The molecule has 4 aromatic rings.